The summed E-state index contributed by atoms with van der Waals surface area (Å²) < 4.78 is 0. The Hall–Kier alpha value is -3.45. The average molecular weight is 415 g/mol. The molecule has 158 valence electrons. The lowest BCUT2D eigenvalue weighted by Crippen LogP contribution is -2.35. The minimum atomic E-state index is -0.0366. The summed E-state index contributed by atoms with van der Waals surface area (Å²) in [5.74, 6) is 1.21. The molecule has 1 fully saturated rings. The Morgan fingerprint density at radius 2 is 1.94 bits per heavy atom. The molecule has 7 nitrogen and oxygen atoms in total. The van der Waals surface area contributed by atoms with Gasteiger partial charge in [-0.1, -0.05) is 36.8 Å². The number of anilines is 1. The average Bonchev–Trinajstić information content (AvgIpc) is 3.38. The third-order valence-electron chi connectivity index (χ3n) is 5.84. The Kier molecular flexibility index (Phi) is 5.50. The molecule has 1 aromatic carbocycles. The van der Waals surface area contributed by atoms with Crippen LogP contribution in [0.1, 0.15) is 42.1 Å². The van der Waals surface area contributed by atoms with Gasteiger partial charge in [-0.15, -0.1) is 0 Å². The summed E-state index contributed by atoms with van der Waals surface area (Å²) in [6.07, 6.45) is 9.14. The Balaban J connectivity index is 1.38. The highest BCUT2D eigenvalue weighted by atomic mass is 16.3. The number of nitrogens with zero attached hydrogens (tertiary/aromatic N) is 4. The second-order valence-corrected chi connectivity index (χ2v) is 8.02. The van der Waals surface area contributed by atoms with Gasteiger partial charge in [0, 0.05) is 30.1 Å². The van der Waals surface area contributed by atoms with E-state index in [0.717, 1.165) is 30.8 Å². The molecule has 7 heteroatoms. The molecule has 0 aliphatic carbocycles. The maximum atomic E-state index is 10.4. The molecule has 0 unspecified atom stereocenters. The second kappa shape index (κ2) is 8.73. The number of pyridine rings is 1. The van der Waals surface area contributed by atoms with Crippen molar-refractivity contribution < 1.29 is 5.11 Å². The summed E-state index contributed by atoms with van der Waals surface area (Å²) in [4.78, 5) is 18.6. The first kappa shape index (κ1) is 19.5. The van der Waals surface area contributed by atoms with E-state index < -0.39 is 0 Å². The largest absolute Gasteiger partial charge is 0.492 e. The monoisotopic (exact) mass is 414 g/mol. The fourth-order valence-corrected chi connectivity index (χ4v) is 4.23. The summed E-state index contributed by atoms with van der Waals surface area (Å²) in [5.41, 5.74) is 3.58. The highest BCUT2D eigenvalue weighted by Crippen LogP contribution is 2.32. The number of aliphatic imine (C=N–C) groups is 1. The number of aromatic amines is 1. The van der Waals surface area contributed by atoms with Gasteiger partial charge in [-0.25, -0.2) is 9.98 Å². The van der Waals surface area contributed by atoms with Crippen molar-refractivity contribution in [2.75, 3.05) is 25.0 Å². The zero-order valence-corrected chi connectivity index (χ0v) is 17.3. The van der Waals surface area contributed by atoms with Crippen molar-refractivity contribution >= 4 is 29.6 Å². The fraction of sp³-hybridized carbons (Fsp3) is 0.292. The van der Waals surface area contributed by atoms with Crippen molar-refractivity contribution in [3.8, 4) is 5.88 Å². The molecule has 2 aromatic heterocycles. The summed E-state index contributed by atoms with van der Waals surface area (Å²) in [6, 6.07) is 14.3. The van der Waals surface area contributed by atoms with Gasteiger partial charge >= 0.3 is 0 Å². The molecule has 0 radical (unpaired) electrons. The maximum absolute atomic E-state index is 10.4. The summed E-state index contributed by atoms with van der Waals surface area (Å²) in [5, 5.41) is 14.0. The summed E-state index contributed by atoms with van der Waals surface area (Å²) in [6.45, 7) is 3.14. The van der Waals surface area contributed by atoms with Gasteiger partial charge in [-0.2, -0.15) is 4.98 Å². The van der Waals surface area contributed by atoms with Gasteiger partial charge in [0.15, 0.2) is 5.82 Å². The van der Waals surface area contributed by atoms with E-state index in [4.69, 9.17) is 0 Å². The van der Waals surface area contributed by atoms with E-state index in [0.29, 0.717) is 17.5 Å². The van der Waals surface area contributed by atoms with Crippen LogP contribution < -0.4 is 5.32 Å². The zero-order chi connectivity index (χ0) is 21.0. The minimum Gasteiger partial charge on any atom is -0.492 e. The first-order valence-electron chi connectivity index (χ1n) is 10.8. The number of likely N-dealkylation sites (tertiary alicyclic amines) is 1. The Morgan fingerprint density at radius 1 is 1.10 bits per heavy atom. The van der Waals surface area contributed by atoms with Crippen molar-refractivity contribution in [1.82, 2.24) is 19.9 Å². The lowest BCUT2D eigenvalue weighted by molar-refractivity contribution is 0.220. The third-order valence-corrected chi connectivity index (χ3v) is 5.84. The predicted octanol–water partition coefficient (Wildman–Crippen LogP) is 4.41. The lowest BCUT2D eigenvalue weighted by Gasteiger charge is -2.31. The topological polar surface area (TPSA) is 89.4 Å². The normalized spacial score (nSPS) is 18.3. The highest BCUT2D eigenvalue weighted by Gasteiger charge is 2.20. The van der Waals surface area contributed by atoms with Gasteiger partial charge in [0.05, 0.1) is 6.04 Å². The van der Waals surface area contributed by atoms with Crippen LogP contribution in [0.15, 0.2) is 53.7 Å². The van der Waals surface area contributed by atoms with E-state index in [1.54, 1.807) is 12.4 Å². The van der Waals surface area contributed by atoms with E-state index in [1.165, 1.54) is 24.8 Å². The van der Waals surface area contributed by atoms with E-state index in [2.05, 4.69) is 54.4 Å². The fourth-order valence-electron chi connectivity index (χ4n) is 4.23. The number of hydrogen-bond donors (Lipinski definition) is 3. The molecule has 0 saturated carbocycles. The number of nitrogens with one attached hydrogen (secondary N) is 2. The van der Waals surface area contributed by atoms with Crippen molar-refractivity contribution in [1.29, 1.82) is 0 Å². The van der Waals surface area contributed by atoms with Crippen LogP contribution in [0, 0.1) is 0 Å². The summed E-state index contributed by atoms with van der Waals surface area (Å²) >= 11 is 0. The molecule has 2 aliphatic heterocycles. The molecular weight excluding hydrogens is 388 g/mol. The van der Waals surface area contributed by atoms with Crippen LogP contribution in [0.3, 0.4) is 0 Å². The Morgan fingerprint density at radius 3 is 2.77 bits per heavy atom. The number of rotatable bonds is 6. The number of hydrogen-bond acceptors (Lipinski definition) is 6. The number of piperidine rings is 1. The molecule has 1 atom stereocenters. The number of fused-ring (bicyclic) bond motifs is 1. The Bertz CT molecular complexity index is 1100. The van der Waals surface area contributed by atoms with Crippen LogP contribution in [0.5, 0.6) is 5.88 Å². The standard InChI is InChI=1S/C24H26N6O/c31-23-20(14-18-15-26-22-19(18)10-7-11-25-22)27-24(29-23)28-21(17-8-3-1-4-9-17)16-30-12-5-2-6-13-30/h1,3-4,7-11,14-15,21,31H,2,5-6,12-13,16H2,(H2,27,28,29)/t21-/m1/s1. The number of aromatic hydroxyl groups is 1. The maximum Gasteiger partial charge on any atom is 0.238 e. The van der Waals surface area contributed by atoms with Crippen molar-refractivity contribution in [3.05, 3.63) is 65.5 Å². The first-order valence-corrected chi connectivity index (χ1v) is 10.8. The van der Waals surface area contributed by atoms with E-state index in [1.807, 2.05) is 24.3 Å². The number of imidazole rings is 1. The molecule has 3 aromatic rings. The SMILES string of the molecule is Oc1nc(N[C@H](CN2CCCCC2)c2ccccc2)[nH]c1C=C1C=Nc2ncccc21. The molecule has 1 saturated heterocycles. The van der Waals surface area contributed by atoms with Crippen LogP contribution in [0.25, 0.3) is 11.6 Å². The molecule has 0 bridgehead atoms. The zero-order valence-electron chi connectivity index (χ0n) is 17.3. The van der Waals surface area contributed by atoms with Gasteiger partial charge in [-0.3, -0.25) is 0 Å². The van der Waals surface area contributed by atoms with Gasteiger partial charge in [0.25, 0.3) is 0 Å². The first-order chi connectivity index (χ1) is 15.3. The predicted molar refractivity (Wildman–Crippen MR) is 124 cm³/mol. The Labute approximate surface area is 181 Å². The van der Waals surface area contributed by atoms with Crippen LogP contribution in [0.2, 0.25) is 0 Å². The molecule has 0 amide bonds. The molecule has 3 N–H and O–H groups in total. The van der Waals surface area contributed by atoms with Gasteiger partial charge < -0.3 is 20.3 Å². The van der Waals surface area contributed by atoms with Crippen molar-refractivity contribution in [2.45, 2.75) is 25.3 Å². The third kappa shape index (κ3) is 4.36. The number of aromatic nitrogens is 3. The quantitative estimate of drug-likeness (QED) is 0.556. The van der Waals surface area contributed by atoms with E-state index in [9.17, 15) is 5.11 Å². The van der Waals surface area contributed by atoms with Crippen LogP contribution in [0.4, 0.5) is 11.8 Å². The van der Waals surface area contributed by atoms with Crippen LogP contribution >= 0.6 is 0 Å². The number of benzene rings is 1. The van der Waals surface area contributed by atoms with Crippen molar-refractivity contribution in [2.24, 2.45) is 4.99 Å². The molecule has 5 rings (SSSR count). The molecular formula is C24H26N6O. The minimum absolute atomic E-state index is 0.0366. The molecule has 4 heterocycles. The van der Waals surface area contributed by atoms with E-state index in [-0.39, 0.29) is 11.9 Å². The highest BCUT2D eigenvalue weighted by molar-refractivity contribution is 6.20. The van der Waals surface area contributed by atoms with Gasteiger partial charge in [0.2, 0.25) is 11.8 Å². The van der Waals surface area contributed by atoms with Crippen molar-refractivity contribution in [3.63, 3.8) is 0 Å². The van der Waals surface area contributed by atoms with Gasteiger partial charge in [0.1, 0.15) is 5.69 Å². The van der Waals surface area contributed by atoms with Gasteiger partial charge in [-0.05, 0) is 49.7 Å². The summed E-state index contributed by atoms with van der Waals surface area (Å²) in [7, 11) is 0. The molecule has 0 spiro atoms. The second-order valence-electron chi connectivity index (χ2n) is 8.02. The van der Waals surface area contributed by atoms with Crippen LogP contribution in [-0.2, 0) is 0 Å². The number of allylic oxidation sites excluding steroid dienone is 1. The number of H-pyrrole nitrogens is 1. The molecule has 2 aliphatic rings. The van der Waals surface area contributed by atoms with Crippen LogP contribution in [-0.4, -0.2) is 50.8 Å². The molecule has 31 heavy (non-hydrogen) atoms. The lowest BCUT2D eigenvalue weighted by atomic mass is 10.0. The van der Waals surface area contributed by atoms with E-state index >= 15 is 0 Å². The smallest absolute Gasteiger partial charge is 0.238 e.